The molecule has 3 rings (SSSR count). The number of fused-ring (bicyclic) bond motifs is 1. The molecule has 1 aliphatic rings. The maximum absolute atomic E-state index is 5.83. The maximum Gasteiger partial charge on any atom is 0.137 e. The molecule has 0 bridgehead atoms. The van der Waals surface area contributed by atoms with E-state index in [-0.39, 0.29) is 12.1 Å². The van der Waals surface area contributed by atoms with E-state index in [2.05, 4.69) is 38.1 Å². The highest BCUT2D eigenvalue weighted by molar-refractivity contribution is 9.10. The predicted octanol–water partition coefficient (Wildman–Crippen LogP) is 3.00. The summed E-state index contributed by atoms with van der Waals surface area (Å²) in [5.41, 5.74) is 0.924. The van der Waals surface area contributed by atoms with Gasteiger partial charge in [0, 0.05) is 22.5 Å². The normalized spacial score (nSPS) is 19.8. The van der Waals surface area contributed by atoms with Crippen LogP contribution in [0.25, 0.3) is 10.9 Å². The van der Waals surface area contributed by atoms with Crippen LogP contribution in [0.15, 0.2) is 29.0 Å². The van der Waals surface area contributed by atoms with Gasteiger partial charge in [-0.2, -0.15) is 0 Å². The number of halogens is 1. The van der Waals surface area contributed by atoms with Crippen LogP contribution in [0, 0.1) is 0 Å². The molecule has 1 N–H and O–H groups in total. The Morgan fingerprint density at radius 3 is 3.19 bits per heavy atom. The summed E-state index contributed by atoms with van der Waals surface area (Å²) in [6, 6.07) is 6.15. The Balaban J connectivity index is 1.67. The fourth-order valence-corrected chi connectivity index (χ4v) is 2.70. The van der Waals surface area contributed by atoms with Gasteiger partial charge in [-0.05, 0) is 31.5 Å². The van der Waals surface area contributed by atoms with E-state index >= 15 is 0 Å². The van der Waals surface area contributed by atoms with Crippen LogP contribution in [0.1, 0.15) is 13.3 Å². The Bertz CT molecular complexity index is 617. The zero-order valence-electron chi connectivity index (χ0n) is 11.9. The number of benzene rings is 1. The predicted molar refractivity (Wildman–Crippen MR) is 85.5 cm³/mol. The van der Waals surface area contributed by atoms with Crippen molar-refractivity contribution in [3.63, 3.8) is 0 Å². The van der Waals surface area contributed by atoms with Gasteiger partial charge in [-0.1, -0.05) is 15.9 Å². The SMILES string of the molecule is CC(COC1CCOC1)Nc1ncnc2ccc(Br)cc12. The van der Waals surface area contributed by atoms with Gasteiger partial charge >= 0.3 is 0 Å². The number of aromatic nitrogens is 2. The molecular weight excluding hydrogens is 334 g/mol. The summed E-state index contributed by atoms with van der Waals surface area (Å²) >= 11 is 3.49. The number of nitrogens with zero attached hydrogens (tertiary/aromatic N) is 2. The molecule has 2 atom stereocenters. The first-order valence-corrected chi connectivity index (χ1v) is 7.88. The fourth-order valence-electron chi connectivity index (χ4n) is 2.34. The number of hydrogen-bond donors (Lipinski definition) is 1. The van der Waals surface area contributed by atoms with Gasteiger partial charge in [-0.15, -0.1) is 0 Å². The lowest BCUT2D eigenvalue weighted by molar-refractivity contribution is 0.0395. The second-order valence-electron chi connectivity index (χ2n) is 5.25. The zero-order valence-corrected chi connectivity index (χ0v) is 13.5. The molecular formula is C15H18BrN3O2. The number of ether oxygens (including phenoxy) is 2. The van der Waals surface area contributed by atoms with Gasteiger partial charge in [-0.3, -0.25) is 0 Å². The van der Waals surface area contributed by atoms with Crippen LogP contribution in [-0.4, -0.2) is 41.9 Å². The number of rotatable bonds is 5. The molecule has 21 heavy (non-hydrogen) atoms. The Labute approximate surface area is 132 Å². The van der Waals surface area contributed by atoms with Gasteiger partial charge in [0.1, 0.15) is 12.1 Å². The van der Waals surface area contributed by atoms with Crippen molar-refractivity contribution in [2.45, 2.75) is 25.5 Å². The summed E-state index contributed by atoms with van der Waals surface area (Å²) in [6.07, 6.45) is 2.79. The molecule has 6 heteroatoms. The van der Waals surface area contributed by atoms with Gasteiger partial charge in [-0.25, -0.2) is 9.97 Å². The molecule has 0 aliphatic carbocycles. The highest BCUT2D eigenvalue weighted by Crippen LogP contribution is 2.23. The molecule has 1 saturated heterocycles. The molecule has 112 valence electrons. The lowest BCUT2D eigenvalue weighted by atomic mass is 10.2. The summed E-state index contributed by atoms with van der Waals surface area (Å²) < 4.78 is 12.2. The average Bonchev–Trinajstić information content (AvgIpc) is 2.99. The van der Waals surface area contributed by atoms with Crippen LogP contribution < -0.4 is 5.32 Å². The van der Waals surface area contributed by atoms with E-state index in [1.807, 2.05) is 18.2 Å². The van der Waals surface area contributed by atoms with Crippen LogP contribution in [0.4, 0.5) is 5.82 Å². The van der Waals surface area contributed by atoms with Crippen molar-refractivity contribution >= 4 is 32.7 Å². The molecule has 1 aromatic carbocycles. The Kier molecular flexibility index (Phi) is 4.67. The van der Waals surface area contributed by atoms with E-state index in [4.69, 9.17) is 9.47 Å². The smallest absolute Gasteiger partial charge is 0.137 e. The summed E-state index contributed by atoms with van der Waals surface area (Å²) in [6.45, 7) is 4.22. The molecule has 1 fully saturated rings. The second kappa shape index (κ2) is 6.68. The van der Waals surface area contributed by atoms with Crippen molar-refractivity contribution in [1.82, 2.24) is 9.97 Å². The van der Waals surface area contributed by atoms with E-state index in [1.165, 1.54) is 0 Å². The molecule has 5 nitrogen and oxygen atoms in total. The second-order valence-corrected chi connectivity index (χ2v) is 6.16. The Morgan fingerprint density at radius 2 is 2.38 bits per heavy atom. The quantitative estimate of drug-likeness (QED) is 0.897. The topological polar surface area (TPSA) is 56.3 Å². The Hall–Kier alpha value is -1.24. The van der Waals surface area contributed by atoms with Crippen molar-refractivity contribution in [3.8, 4) is 0 Å². The third kappa shape index (κ3) is 3.70. The third-order valence-corrected chi connectivity index (χ3v) is 3.94. The van der Waals surface area contributed by atoms with Gasteiger partial charge in [0.2, 0.25) is 0 Å². The average molecular weight is 352 g/mol. The van der Waals surface area contributed by atoms with Crippen molar-refractivity contribution in [3.05, 3.63) is 29.0 Å². The zero-order chi connectivity index (χ0) is 14.7. The Morgan fingerprint density at radius 1 is 1.48 bits per heavy atom. The molecule has 1 aliphatic heterocycles. The highest BCUT2D eigenvalue weighted by Gasteiger charge is 2.17. The first kappa shape index (κ1) is 14.7. The summed E-state index contributed by atoms with van der Waals surface area (Å²) in [7, 11) is 0. The number of anilines is 1. The van der Waals surface area contributed by atoms with Crippen molar-refractivity contribution < 1.29 is 9.47 Å². The summed E-state index contributed by atoms with van der Waals surface area (Å²) in [5, 5.41) is 4.40. The van der Waals surface area contributed by atoms with Crippen molar-refractivity contribution in [2.75, 3.05) is 25.1 Å². The van der Waals surface area contributed by atoms with Crippen LogP contribution in [0.5, 0.6) is 0 Å². The van der Waals surface area contributed by atoms with E-state index in [1.54, 1.807) is 6.33 Å². The van der Waals surface area contributed by atoms with E-state index in [0.29, 0.717) is 13.2 Å². The maximum atomic E-state index is 5.83. The molecule has 0 saturated carbocycles. The van der Waals surface area contributed by atoms with Crippen LogP contribution in [0.2, 0.25) is 0 Å². The van der Waals surface area contributed by atoms with E-state index in [9.17, 15) is 0 Å². The van der Waals surface area contributed by atoms with Gasteiger partial charge in [0.15, 0.2) is 0 Å². The molecule has 0 amide bonds. The molecule has 2 aromatic rings. The number of hydrogen-bond acceptors (Lipinski definition) is 5. The molecule has 0 radical (unpaired) electrons. The highest BCUT2D eigenvalue weighted by atomic mass is 79.9. The lowest BCUT2D eigenvalue weighted by Crippen LogP contribution is -2.26. The molecule has 2 unspecified atom stereocenters. The van der Waals surface area contributed by atoms with Crippen LogP contribution >= 0.6 is 15.9 Å². The minimum absolute atomic E-state index is 0.169. The third-order valence-electron chi connectivity index (χ3n) is 3.45. The minimum Gasteiger partial charge on any atom is -0.379 e. The van der Waals surface area contributed by atoms with E-state index in [0.717, 1.165) is 34.2 Å². The fraction of sp³-hybridized carbons (Fsp3) is 0.467. The first-order chi connectivity index (χ1) is 10.2. The standard InChI is InChI=1S/C15H18BrN3O2/c1-10(7-21-12-4-5-20-8-12)19-15-13-6-11(16)2-3-14(13)17-9-18-15/h2-3,6,9-10,12H,4-5,7-8H2,1H3,(H,17,18,19). The van der Waals surface area contributed by atoms with Crippen molar-refractivity contribution in [1.29, 1.82) is 0 Å². The number of nitrogens with one attached hydrogen (secondary N) is 1. The van der Waals surface area contributed by atoms with Gasteiger partial charge < -0.3 is 14.8 Å². The first-order valence-electron chi connectivity index (χ1n) is 7.08. The summed E-state index contributed by atoms with van der Waals surface area (Å²) in [5.74, 6) is 0.833. The lowest BCUT2D eigenvalue weighted by Gasteiger charge is -2.18. The van der Waals surface area contributed by atoms with Gasteiger partial charge in [0.05, 0.1) is 24.8 Å². The largest absolute Gasteiger partial charge is 0.379 e. The minimum atomic E-state index is 0.169. The molecule has 0 spiro atoms. The van der Waals surface area contributed by atoms with Crippen LogP contribution in [-0.2, 0) is 9.47 Å². The molecule has 2 heterocycles. The van der Waals surface area contributed by atoms with E-state index < -0.39 is 0 Å². The van der Waals surface area contributed by atoms with Gasteiger partial charge in [0.25, 0.3) is 0 Å². The molecule has 1 aromatic heterocycles. The summed E-state index contributed by atoms with van der Waals surface area (Å²) in [4.78, 5) is 8.62. The monoisotopic (exact) mass is 351 g/mol. The van der Waals surface area contributed by atoms with Crippen molar-refractivity contribution in [2.24, 2.45) is 0 Å². The van der Waals surface area contributed by atoms with Crippen LogP contribution in [0.3, 0.4) is 0 Å².